The molecule has 0 spiro atoms. The topological polar surface area (TPSA) is 80.5 Å². The smallest absolute Gasteiger partial charge is 0.335 e. The van der Waals surface area contributed by atoms with Gasteiger partial charge in [-0.1, -0.05) is 19.2 Å². The van der Waals surface area contributed by atoms with Crippen molar-refractivity contribution in [1.29, 1.82) is 5.26 Å². The first-order valence-electron chi connectivity index (χ1n) is 8.47. The van der Waals surface area contributed by atoms with Crippen LogP contribution < -0.4 is 10.6 Å². The summed E-state index contributed by atoms with van der Waals surface area (Å²) in [5.41, 5.74) is 0. The molecule has 2 N–H and O–H groups in total. The Labute approximate surface area is 161 Å². The first-order valence-corrected chi connectivity index (χ1v) is 8.47. The molecular formula is C18H23F4N5O. The minimum Gasteiger partial charge on any atom is -0.335 e. The fraction of sp³-hybridized carbons (Fsp3) is 0.500. The van der Waals surface area contributed by atoms with Gasteiger partial charge < -0.3 is 15.5 Å². The Bertz CT molecular complexity index is 695. The zero-order valence-corrected chi connectivity index (χ0v) is 15.6. The largest absolute Gasteiger partial charge is 0.449 e. The molecule has 0 aliphatic carbocycles. The van der Waals surface area contributed by atoms with Crippen LogP contribution in [0.4, 0.5) is 17.6 Å². The lowest BCUT2D eigenvalue weighted by molar-refractivity contribution is -0.124. The maximum absolute atomic E-state index is 13.3. The number of carbonyl (C=O) groups excluding carboxylic acids is 1. The molecule has 10 heteroatoms. The number of hydrogen-bond acceptors (Lipinski definition) is 4. The first kappa shape index (κ1) is 23.4. The number of allylic oxidation sites excluding steroid dienone is 2. The summed E-state index contributed by atoms with van der Waals surface area (Å²) >= 11 is 0. The van der Waals surface area contributed by atoms with E-state index >= 15 is 0 Å². The summed E-state index contributed by atoms with van der Waals surface area (Å²) in [5, 5.41) is 14.5. The fourth-order valence-corrected chi connectivity index (χ4v) is 2.81. The molecule has 1 aliphatic heterocycles. The van der Waals surface area contributed by atoms with Crippen LogP contribution in [0.1, 0.15) is 19.8 Å². The lowest BCUT2D eigenvalue weighted by atomic mass is 10.0. The number of nitriles is 1. The van der Waals surface area contributed by atoms with Crippen molar-refractivity contribution in [3.05, 3.63) is 37.3 Å². The van der Waals surface area contributed by atoms with E-state index in [1.165, 1.54) is 6.08 Å². The molecular weight excluding hydrogens is 378 g/mol. The van der Waals surface area contributed by atoms with Crippen LogP contribution in [0.15, 0.2) is 42.3 Å². The first-order chi connectivity index (χ1) is 13.0. The Morgan fingerprint density at radius 1 is 1.54 bits per heavy atom. The maximum atomic E-state index is 13.3. The second kappa shape index (κ2) is 10.0. The monoisotopic (exact) mass is 401 g/mol. The summed E-state index contributed by atoms with van der Waals surface area (Å²) in [6.45, 7) is 7.96. The molecule has 0 radical (unpaired) electrons. The fourth-order valence-electron chi connectivity index (χ4n) is 2.81. The van der Waals surface area contributed by atoms with E-state index in [-0.39, 0.29) is 24.8 Å². The van der Waals surface area contributed by atoms with Gasteiger partial charge in [0.15, 0.2) is 0 Å². The highest BCUT2D eigenvalue weighted by Crippen LogP contribution is 2.23. The number of carbonyl (C=O) groups is 1. The van der Waals surface area contributed by atoms with Gasteiger partial charge in [-0.2, -0.15) is 18.4 Å². The van der Waals surface area contributed by atoms with E-state index in [0.29, 0.717) is 0 Å². The summed E-state index contributed by atoms with van der Waals surface area (Å²) in [6, 6.07) is 1.14. The van der Waals surface area contributed by atoms with Crippen LogP contribution in [0.3, 0.4) is 0 Å². The molecule has 1 amide bonds. The van der Waals surface area contributed by atoms with Gasteiger partial charge >= 0.3 is 6.18 Å². The van der Waals surface area contributed by atoms with Gasteiger partial charge in [0, 0.05) is 25.7 Å². The molecule has 0 aromatic rings. The van der Waals surface area contributed by atoms with E-state index in [0.717, 1.165) is 24.2 Å². The van der Waals surface area contributed by atoms with Crippen molar-refractivity contribution >= 4 is 11.7 Å². The Morgan fingerprint density at radius 2 is 2.18 bits per heavy atom. The zero-order valence-electron chi connectivity index (χ0n) is 15.6. The Balaban J connectivity index is 3.03. The SMILES string of the molecule is C=CN=C(N(C)C(C/C=C\C(=C)F)NC(=O)C1C[C@@H](C#N)[C@H](C)N1)C(F)(F)F. The van der Waals surface area contributed by atoms with Crippen LogP contribution in [0.5, 0.6) is 0 Å². The molecule has 1 fully saturated rings. The van der Waals surface area contributed by atoms with Crippen LogP contribution >= 0.6 is 0 Å². The van der Waals surface area contributed by atoms with E-state index in [2.05, 4.69) is 34.9 Å². The molecule has 1 saturated heterocycles. The Hall–Kier alpha value is -2.67. The number of aliphatic imine (C=N–C) groups is 1. The van der Waals surface area contributed by atoms with Gasteiger partial charge in [-0.25, -0.2) is 9.38 Å². The highest BCUT2D eigenvalue weighted by atomic mass is 19.4. The molecule has 0 saturated carbocycles. The number of amides is 1. The number of alkyl halides is 3. The van der Waals surface area contributed by atoms with Crippen molar-refractivity contribution in [2.75, 3.05) is 7.05 Å². The third-order valence-corrected chi connectivity index (χ3v) is 4.28. The molecule has 2 unspecified atom stereocenters. The number of nitrogens with zero attached hydrogens (tertiary/aromatic N) is 3. The molecule has 154 valence electrons. The van der Waals surface area contributed by atoms with Gasteiger partial charge in [0.25, 0.3) is 0 Å². The van der Waals surface area contributed by atoms with Crippen molar-refractivity contribution in [2.24, 2.45) is 10.9 Å². The van der Waals surface area contributed by atoms with Crippen molar-refractivity contribution in [3.63, 3.8) is 0 Å². The third kappa shape index (κ3) is 6.49. The van der Waals surface area contributed by atoms with Gasteiger partial charge in [0.1, 0.15) is 12.0 Å². The lowest BCUT2D eigenvalue weighted by Crippen LogP contribution is -2.55. The van der Waals surface area contributed by atoms with E-state index in [1.54, 1.807) is 6.92 Å². The van der Waals surface area contributed by atoms with Gasteiger partial charge in [0.2, 0.25) is 11.7 Å². The van der Waals surface area contributed by atoms with Crippen LogP contribution in [0.2, 0.25) is 0 Å². The number of nitrogens with one attached hydrogen (secondary N) is 2. The predicted molar refractivity (Wildman–Crippen MR) is 97.5 cm³/mol. The summed E-state index contributed by atoms with van der Waals surface area (Å²) in [7, 11) is 1.11. The van der Waals surface area contributed by atoms with E-state index in [9.17, 15) is 22.4 Å². The standard InChI is InChI=1S/C18H23F4N5O/c1-5-24-17(18(20,21)22)27(4)15(8-6-7-11(2)19)26-16(28)14-9-13(10-23)12(3)25-14/h5-7,12-15,25H,1-2,8-9H2,3-4H3,(H,26,28)/b7-6-,24-17?/t12-,13-,14?,15?/m0/s1. The molecule has 1 heterocycles. The molecule has 4 atom stereocenters. The van der Waals surface area contributed by atoms with Crippen LogP contribution in [-0.2, 0) is 4.79 Å². The van der Waals surface area contributed by atoms with Crippen molar-refractivity contribution in [2.45, 2.75) is 44.2 Å². The second-order valence-corrected chi connectivity index (χ2v) is 6.33. The highest BCUT2D eigenvalue weighted by Gasteiger charge is 2.41. The average molecular weight is 401 g/mol. The number of halogens is 4. The van der Waals surface area contributed by atoms with Crippen LogP contribution in [-0.4, -0.2) is 48.1 Å². The number of amidine groups is 1. The molecule has 0 bridgehead atoms. The summed E-state index contributed by atoms with van der Waals surface area (Å²) in [4.78, 5) is 16.5. The molecule has 28 heavy (non-hydrogen) atoms. The minimum atomic E-state index is -4.79. The lowest BCUT2D eigenvalue weighted by Gasteiger charge is -2.32. The van der Waals surface area contributed by atoms with Gasteiger partial charge in [-0.15, -0.1) is 0 Å². The quantitative estimate of drug-likeness (QED) is 0.226. The Kier molecular flexibility index (Phi) is 8.37. The third-order valence-electron chi connectivity index (χ3n) is 4.28. The molecule has 0 aromatic carbocycles. The summed E-state index contributed by atoms with van der Waals surface area (Å²) < 4.78 is 52.7. The normalized spacial score (nSPS) is 23.9. The number of hydrogen-bond donors (Lipinski definition) is 2. The predicted octanol–water partition coefficient (Wildman–Crippen LogP) is 2.78. The highest BCUT2D eigenvalue weighted by molar-refractivity contribution is 5.89. The molecule has 0 aromatic heterocycles. The Morgan fingerprint density at radius 3 is 2.64 bits per heavy atom. The van der Waals surface area contributed by atoms with Crippen molar-refractivity contribution in [3.8, 4) is 6.07 Å². The van der Waals surface area contributed by atoms with Gasteiger partial charge in [-0.05, 0) is 19.4 Å². The minimum absolute atomic E-state index is 0.138. The average Bonchev–Trinajstić information content (AvgIpc) is 2.97. The zero-order chi connectivity index (χ0) is 21.5. The van der Waals surface area contributed by atoms with Crippen LogP contribution in [0, 0.1) is 17.2 Å². The van der Waals surface area contributed by atoms with Gasteiger partial charge in [0.05, 0.1) is 18.0 Å². The van der Waals surface area contributed by atoms with E-state index < -0.39 is 36.0 Å². The second-order valence-electron chi connectivity index (χ2n) is 6.33. The summed E-state index contributed by atoms with van der Waals surface area (Å²) in [5.74, 6) is -2.97. The number of rotatable bonds is 7. The van der Waals surface area contributed by atoms with Gasteiger partial charge in [-0.3, -0.25) is 4.79 Å². The maximum Gasteiger partial charge on any atom is 0.449 e. The van der Waals surface area contributed by atoms with E-state index in [4.69, 9.17) is 5.26 Å². The van der Waals surface area contributed by atoms with Crippen molar-refractivity contribution < 1.29 is 22.4 Å². The van der Waals surface area contributed by atoms with E-state index in [1.807, 2.05) is 0 Å². The van der Waals surface area contributed by atoms with Crippen LogP contribution in [0.25, 0.3) is 0 Å². The van der Waals surface area contributed by atoms with Crippen molar-refractivity contribution in [1.82, 2.24) is 15.5 Å². The molecule has 1 rings (SSSR count). The molecule has 1 aliphatic rings. The summed E-state index contributed by atoms with van der Waals surface area (Å²) in [6.07, 6.45) is -2.85. The molecule has 6 nitrogen and oxygen atoms in total.